The molecule has 0 fully saturated rings. The number of hydrogen-bond donors (Lipinski definition) is 2. The standard InChI is InChI=1S/C17H39N3O4/c1-5-7-20(8-6-2)13-17(24-12-11-23-16(4)19)14-21-9-10-22-15(3)18/h15-17H,5-14,18-19H2,1-4H3. The Morgan fingerprint density at radius 2 is 1.29 bits per heavy atom. The van der Waals surface area contributed by atoms with Crippen LogP contribution in [0.2, 0.25) is 0 Å². The maximum absolute atomic E-state index is 5.93. The van der Waals surface area contributed by atoms with Crippen molar-refractivity contribution in [3.8, 4) is 0 Å². The third-order valence-electron chi connectivity index (χ3n) is 3.27. The normalized spacial score (nSPS) is 15.6. The Balaban J connectivity index is 4.19. The van der Waals surface area contributed by atoms with Crippen LogP contribution >= 0.6 is 0 Å². The second-order valence-electron chi connectivity index (χ2n) is 6.02. The van der Waals surface area contributed by atoms with Crippen LogP contribution in [0.25, 0.3) is 0 Å². The minimum Gasteiger partial charge on any atom is -0.376 e. The molecule has 0 bridgehead atoms. The van der Waals surface area contributed by atoms with E-state index in [-0.39, 0.29) is 18.6 Å². The van der Waals surface area contributed by atoms with Gasteiger partial charge in [-0.2, -0.15) is 0 Å². The smallest absolute Gasteiger partial charge is 0.102 e. The molecule has 0 radical (unpaired) electrons. The summed E-state index contributed by atoms with van der Waals surface area (Å²) in [7, 11) is 0. The molecule has 0 heterocycles. The first kappa shape index (κ1) is 23.7. The molecule has 4 N–H and O–H groups in total. The molecule has 146 valence electrons. The Morgan fingerprint density at radius 3 is 1.79 bits per heavy atom. The molecule has 0 saturated carbocycles. The molecule has 0 amide bonds. The Labute approximate surface area is 147 Å². The lowest BCUT2D eigenvalue weighted by atomic mass is 10.3. The van der Waals surface area contributed by atoms with E-state index in [2.05, 4.69) is 18.7 Å². The van der Waals surface area contributed by atoms with Crippen molar-refractivity contribution in [3.05, 3.63) is 0 Å². The van der Waals surface area contributed by atoms with E-state index < -0.39 is 0 Å². The van der Waals surface area contributed by atoms with Crippen LogP contribution in [0, 0.1) is 0 Å². The molecule has 7 nitrogen and oxygen atoms in total. The van der Waals surface area contributed by atoms with Crippen molar-refractivity contribution >= 4 is 0 Å². The first-order chi connectivity index (χ1) is 11.5. The fourth-order valence-corrected chi connectivity index (χ4v) is 2.32. The van der Waals surface area contributed by atoms with Gasteiger partial charge in [0.1, 0.15) is 12.5 Å². The third-order valence-corrected chi connectivity index (χ3v) is 3.27. The zero-order valence-electron chi connectivity index (χ0n) is 16.0. The molecule has 0 rings (SSSR count). The minimum absolute atomic E-state index is 0.00933. The van der Waals surface area contributed by atoms with Crippen molar-refractivity contribution in [3.63, 3.8) is 0 Å². The number of rotatable bonds is 17. The van der Waals surface area contributed by atoms with Crippen LogP contribution in [0.3, 0.4) is 0 Å². The van der Waals surface area contributed by atoms with E-state index >= 15 is 0 Å². The highest BCUT2D eigenvalue weighted by atomic mass is 16.6. The van der Waals surface area contributed by atoms with Crippen LogP contribution in [0.15, 0.2) is 0 Å². The Bertz CT molecular complexity index is 262. The summed E-state index contributed by atoms with van der Waals surface area (Å²) in [5.74, 6) is 0. The molecule has 0 aliphatic rings. The monoisotopic (exact) mass is 349 g/mol. The van der Waals surface area contributed by atoms with Gasteiger partial charge < -0.3 is 35.3 Å². The second-order valence-corrected chi connectivity index (χ2v) is 6.02. The largest absolute Gasteiger partial charge is 0.376 e. The summed E-state index contributed by atoms with van der Waals surface area (Å²) in [6.45, 7) is 13.5. The zero-order valence-corrected chi connectivity index (χ0v) is 16.0. The van der Waals surface area contributed by atoms with E-state index in [0.717, 1.165) is 32.5 Å². The molecular formula is C17H39N3O4. The Hall–Kier alpha value is -0.280. The molecule has 7 heteroatoms. The fraction of sp³-hybridized carbons (Fsp3) is 1.00. The van der Waals surface area contributed by atoms with Crippen molar-refractivity contribution in [1.29, 1.82) is 0 Å². The number of nitrogens with zero attached hydrogens (tertiary/aromatic N) is 1. The molecule has 0 aliphatic heterocycles. The lowest BCUT2D eigenvalue weighted by Crippen LogP contribution is -2.38. The van der Waals surface area contributed by atoms with E-state index in [4.69, 9.17) is 30.4 Å². The summed E-state index contributed by atoms with van der Waals surface area (Å²) in [4.78, 5) is 2.42. The molecule has 3 atom stereocenters. The average molecular weight is 350 g/mol. The van der Waals surface area contributed by atoms with E-state index in [1.165, 1.54) is 0 Å². The van der Waals surface area contributed by atoms with Gasteiger partial charge in [0.05, 0.1) is 39.1 Å². The van der Waals surface area contributed by atoms with E-state index in [9.17, 15) is 0 Å². The van der Waals surface area contributed by atoms with Gasteiger partial charge in [-0.25, -0.2) is 0 Å². The van der Waals surface area contributed by atoms with Gasteiger partial charge in [0.15, 0.2) is 0 Å². The topological polar surface area (TPSA) is 92.2 Å². The van der Waals surface area contributed by atoms with Crippen LogP contribution < -0.4 is 11.5 Å². The number of nitrogens with two attached hydrogens (primary N) is 2. The van der Waals surface area contributed by atoms with Crippen LogP contribution in [0.5, 0.6) is 0 Å². The van der Waals surface area contributed by atoms with Crippen LogP contribution in [-0.2, 0) is 18.9 Å². The highest BCUT2D eigenvalue weighted by Crippen LogP contribution is 2.02. The second kappa shape index (κ2) is 16.2. The van der Waals surface area contributed by atoms with Gasteiger partial charge >= 0.3 is 0 Å². The molecule has 0 aromatic carbocycles. The Morgan fingerprint density at radius 1 is 0.792 bits per heavy atom. The summed E-state index contributed by atoms with van der Waals surface area (Å²) >= 11 is 0. The predicted octanol–water partition coefficient (Wildman–Crippen LogP) is 1.15. The minimum atomic E-state index is -0.268. The summed E-state index contributed by atoms with van der Waals surface area (Å²) in [5.41, 5.74) is 11.1. The molecular weight excluding hydrogens is 310 g/mol. The molecule has 0 spiro atoms. The first-order valence-corrected chi connectivity index (χ1v) is 9.15. The maximum Gasteiger partial charge on any atom is 0.102 e. The van der Waals surface area contributed by atoms with Crippen molar-refractivity contribution in [2.45, 2.75) is 59.1 Å². The average Bonchev–Trinajstić information content (AvgIpc) is 2.50. The van der Waals surface area contributed by atoms with Crippen molar-refractivity contribution in [2.75, 3.05) is 52.7 Å². The first-order valence-electron chi connectivity index (χ1n) is 9.15. The predicted molar refractivity (Wildman–Crippen MR) is 96.8 cm³/mol. The molecule has 0 aliphatic carbocycles. The van der Waals surface area contributed by atoms with E-state index in [0.29, 0.717) is 33.0 Å². The highest BCUT2D eigenvalue weighted by molar-refractivity contribution is 4.66. The van der Waals surface area contributed by atoms with Crippen molar-refractivity contribution in [1.82, 2.24) is 4.90 Å². The Kier molecular flexibility index (Phi) is 16.0. The highest BCUT2D eigenvalue weighted by Gasteiger charge is 2.15. The van der Waals surface area contributed by atoms with Gasteiger partial charge in [-0.15, -0.1) is 0 Å². The fourth-order valence-electron chi connectivity index (χ4n) is 2.32. The summed E-state index contributed by atoms with van der Waals surface area (Å²) in [6.07, 6.45) is 1.74. The number of ether oxygens (including phenoxy) is 4. The summed E-state index contributed by atoms with van der Waals surface area (Å²) < 4.78 is 22.2. The molecule has 0 saturated heterocycles. The maximum atomic E-state index is 5.93. The van der Waals surface area contributed by atoms with Crippen LogP contribution in [0.1, 0.15) is 40.5 Å². The van der Waals surface area contributed by atoms with Crippen LogP contribution in [0.4, 0.5) is 0 Å². The third kappa shape index (κ3) is 15.3. The molecule has 0 aromatic heterocycles. The summed E-state index contributed by atoms with van der Waals surface area (Å²) in [5, 5.41) is 0. The van der Waals surface area contributed by atoms with Gasteiger partial charge in [0.25, 0.3) is 0 Å². The summed E-state index contributed by atoms with van der Waals surface area (Å²) in [6, 6.07) is 0. The van der Waals surface area contributed by atoms with Gasteiger partial charge in [0, 0.05) is 6.54 Å². The quantitative estimate of drug-likeness (QED) is 0.301. The van der Waals surface area contributed by atoms with E-state index in [1.54, 1.807) is 6.92 Å². The number of hydrogen-bond acceptors (Lipinski definition) is 7. The molecule has 3 unspecified atom stereocenters. The van der Waals surface area contributed by atoms with Gasteiger partial charge in [-0.1, -0.05) is 13.8 Å². The van der Waals surface area contributed by atoms with E-state index in [1.807, 2.05) is 6.92 Å². The molecule has 24 heavy (non-hydrogen) atoms. The lowest BCUT2D eigenvalue weighted by Gasteiger charge is -2.27. The van der Waals surface area contributed by atoms with Crippen LogP contribution in [-0.4, -0.2) is 76.1 Å². The van der Waals surface area contributed by atoms with Gasteiger partial charge in [-0.3, -0.25) is 0 Å². The van der Waals surface area contributed by atoms with Crippen molar-refractivity contribution < 1.29 is 18.9 Å². The lowest BCUT2D eigenvalue weighted by molar-refractivity contribution is -0.0677. The molecule has 0 aromatic rings. The zero-order chi connectivity index (χ0) is 18.2. The van der Waals surface area contributed by atoms with Crippen molar-refractivity contribution in [2.24, 2.45) is 11.5 Å². The SMILES string of the molecule is CCCN(CCC)CC(COCCOC(C)N)OCCOC(C)N. The van der Waals surface area contributed by atoms with Gasteiger partial charge in [-0.05, 0) is 39.8 Å². The van der Waals surface area contributed by atoms with Gasteiger partial charge in [0.2, 0.25) is 0 Å².